The Balaban J connectivity index is 2.52. The number of hydrogen-bond donors (Lipinski definition) is 3. The van der Waals surface area contributed by atoms with Gasteiger partial charge in [0.2, 0.25) is 0 Å². The first-order chi connectivity index (χ1) is 8.20. The molecule has 1 aliphatic rings. The van der Waals surface area contributed by atoms with E-state index in [1.54, 1.807) is 6.92 Å². The summed E-state index contributed by atoms with van der Waals surface area (Å²) in [5.74, 6) is -1.83. The number of phenolic OH excluding ortho intramolecular Hbond substituents is 2. The molecule has 100 valence electrons. The SMILES string of the molecule is CC(N)C1(c2ccc(C(F)(F)F)c(O)c2O)CC1. The van der Waals surface area contributed by atoms with E-state index in [4.69, 9.17) is 5.73 Å². The molecular formula is C12H14F3NO2. The van der Waals surface area contributed by atoms with Gasteiger partial charge in [0.25, 0.3) is 0 Å². The third-order valence-electron chi connectivity index (χ3n) is 3.65. The molecular weight excluding hydrogens is 247 g/mol. The van der Waals surface area contributed by atoms with Crippen LogP contribution in [-0.2, 0) is 11.6 Å². The fourth-order valence-corrected chi connectivity index (χ4v) is 2.31. The highest BCUT2D eigenvalue weighted by atomic mass is 19.4. The predicted molar refractivity (Wildman–Crippen MR) is 59.3 cm³/mol. The zero-order chi connectivity index (χ0) is 13.7. The van der Waals surface area contributed by atoms with Crippen molar-refractivity contribution in [2.45, 2.75) is 37.4 Å². The summed E-state index contributed by atoms with van der Waals surface area (Å²) in [5, 5.41) is 19.2. The van der Waals surface area contributed by atoms with Crippen molar-refractivity contribution in [2.75, 3.05) is 0 Å². The number of rotatable bonds is 2. The van der Waals surface area contributed by atoms with Crippen LogP contribution in [0.3, 0.4) is 0 Å². The summed E-state index contributed by atoms with van der Waals surface area (Å²) in [6.07, 6.45) is -3.29. The second-order valence-electron chi connectivity index (χ2n) is 4.80. The average molecular weight is 261 g/mol. The van der Waals surface area contributed by atoms with Crippen molar-refractivity contribution in [2.24, 2.45) is 5.73 Å². The Morgan fingerprint density at radius 2 is 1.78 bits per heavy atom. The van der Waals surface area contributed by atoms with Crippen LogP contribution in [0.5, 0.6) is 11.5 Å². The van der Waals surface area contributed by atoms with Crippen LogP contribution < -0.4 is 5.73 Å². The number of alkyl halides is 3. The van der Waals surface area contributed by atoms with Crippen molar-refractivity contribution in [1.29, 1.82) is 0 Å². The molecule has 1 atom stereocenters. The van der Waals surface area contributed by atoms with Crippen molar-refractivity contribution in [3.8, 4) is 11.5 Å². The van der Waals surface area contributed by atoms with E-state index in [9.17, 15) is 23.4 Å². The van der Waals surface area contributed by atoms with Gasteiger partial charge in [0.1, 0.15) is 5.56 Å². The zero-order valence-corrected chi connectivity index (χ0v) is 9.75. The van der Waals surface area contributed by atoms with Crippen LogP contribution in [0.4, 0.5) is 13.2 Å². The molecule has 1 aliphatic carbocycles. The minimum atomic E-state index is -4.69. The summed E-state index contributed by atoms with van der Waals surface area (Å²) in [6.45, 7) is 1.74. The Kier molecular flexibility index (Phi) is 2.73. The van der Waals surface area contributed by atoms with E-state index in [0.29, 0.717) is 18.4 Å². The second-order valence-corrected chi connectivity index (χ2v) is 4.80. The summed E-state index contributed by atoms with van der Waals surface area (Å²) >= 11 is 0. The van der Waals surface area contributed by atoms with Crippen LogP contribution in [-0.4, -0.2) is 16.3 Å². The topological polar surface area (TPSA) is 66.5 Å². The molecule has 1 fully saturated rings. The molecule has 4 N–H and O–H groups in total. The zero-order valence-electron chi connectivity index (χ0n) is 9.75. The van der Waals surface area contributed by atoms with Gasteiger partial charge in [0.15, 0.2) is 11.5 Å². The van der Waals surface area contributed by atoms with Gasteiger partial charge >= 0.3 is 6.18 Å². The first-order valence-electron chi connectivity index (χ1n) is 5.58. The first-order valence-corrected chi connectivity index (χ1v) is 5.58. The standard InChI is InChI=1S/C12H14F3NO2/c1-6(16)11(4-5-11)7-2-3-8(12(13,14)15)10(18)9(7)17/h2-3,6,17-18H,4-5,16H2,1H3. The maximum atomic E-state index is 12.5. The Morgan fingerprint density at radius 1 is 1.22 bits per heavy atom. The fourth-order valence-electron chi connectivity index (χ4n) is 2.31. The summed E-state index contributed by atoms with van der Waals surface area (Å²) in [4.78, 5) is 0. The number of aromatic hydroxyl groups is 2. The summed E-state index contributed by atoms with van der Waals surface area (Å²) < 4.78 is 37.6. The summed E-state index contributed by atoms with van der Waals surface area (Å²) in [6, 6.07) is 1.70. The molecule has 6 heteroatoms. The normalized spacial score (nSPS) is 19.6. The number of halogens is 3. The maximum absolute atomic E-state index is 12.5. The Hall–Kier alpha value is -1.43. The third kappa shape index (κ3) is 1.80. The van der Waals surface area contributed by atoms with Gasteiger partial charge in [-0.2, -0.15) is 13.2 Å². The molecule has 1 unspecified atom stereocenters. The highest BCUT2D eigenvalue weighted by molar-refractivity contribution is 5.56. The van der Waals surface area contributed by atoms with Crippen LogP contribution in [0.2, 0.25) is 0 Å². The van der Waals surface area contributed by atoms with Crippen LogP contribution in [0, 0.1) is 0 Å². The third-order valence-corrected chi connectivity index (χ3v) is 3.65. The van der Waals surface area contributed by atoms with Crippen molar-refractivity contribution in [3.63, 3.8) is 0 Å². The molecule has 0 aliphatic heterocycles. The van der Waals surface area contributed by atoms with Crippen molar-refractivity contribution < 1.29 is 23.4 Å². The van der Waals surface area contributed by atoms with Crippen molar-refractivity contribution in [1.82, 2.24) is 0 Å². The second kappa shape index (κ2) is 3.78. The molecule has 0 heterocycles. The lowest BCUT2D eigenvalue weighted by Crippen LogP contribution is -2.31. The van der Waals surface area contributed by atoms with Gasteiger partial charge in [-0.15, -0.1) is 0 Å². The molecule has 18 heavy (non-hydrogen) atoms. The van der Waals surface area contributed by atoms with Gasteiger partial charge in [-0.3, -0.25) is 0 Å². The molecule has 0 bridgehead atoms. The highest BCUT2D eigenvalue weighted by Gasteiger charge is 2.50. The molecule has 0 amide bonds. The van der Waals surface area contributed by atoms with Crippen LogP contribution in [0.1, 0.15) is 30.9 Å². The van der Waals surface area contributed by atoms with E-state index < -0.39 is 28.7 Å². The number of phenols is 2. The van der Waals surface area contributed by atoms with E-state index in [1.807, 2.05) is 0 Å². The van der Waals surface area contributed by atoms with Gasteiger partial charge in [-0.05, 0) is 25.8 Å². The number of hydrogen-bond acceptors (Lipinski definition) is 3. The number of nitrogens with two attached hydrogens (primary N) is 1. The fraction of sp³-hybridized carbons (Fsp3) is 0.500. The van der Waals surface area contributed by atoms with E-state index in [-0.39, 0.29) is 6.04 Å². The van der Waals surface area contributed by atoms with E-state index in [0.717, 1.165) is 6.07 Å². The van der Waals surface area contributed by atoms with Crippen LogP contribution in [0.15, 0.2) is 12.1 Å². The molecule has 1 saturated carbocycles. The molecule has 2 rings (SSSR count). The Bertz CT molecular complexity index is 479. The molecule has 3 nitrogen and oxygen atoms in total. The molecule has 0 saturated heterocycles. The molecule has 0 aromatic heterocycles. The van der Waals surface area contributed by atoms with E-state index in [2.05, 4.69) is 0 Å². The first kappa shape index (κ1) is 13.0. The quantitative estimate of drug-likeness (QED) is 0.716. The maximum Gasteiger partial charge on any atom is 0.420 e. The Labute approximate surface area is 102 Å². The van der Waals surface area contributed by atoms with E-state index >= 15 is 0 Å². The smallest absolute Gasteiger partial charge is 0.420 e. The molecule has 1 aromatic carbocycles. The summed E-state index contributed by atoms with van der Waals surface area (Å²) in [5.41, 5.74) is 4.35. The Morgan fingerprint density at radius 3 is 2.17 bits per heavy atom. The van der Waals surface area contributed by atoms with Gasteiger partial charge in [-0.1, -0.05) is 6.07 Å². The lowest BCUT2D eigenvalue weighted by Gasteiger charge is -2.22. The summed E-state index contributed by atoms with van der Waals surface area (Å²) in [7, 11) is 0. The highest BCUT2D eigenvalue weighted by Crippen LogP contribution is 2.56. The van der Waals surface area contributed by atoms with Gasteiger partial charge in [-0.25, -0.2) is 0 Å². The number of benzene rings is 1. The largest absolute Gasteiger partial charge is 0.504 e. The van der Waals surface area contributed by atoms with Gasteiger partial charge < -0.3 is 15.9 Å². The van der Waals surface area contributed by atoms with Crippen LogP contribution >= 0.6 is 0 Å². The molecule has 0 radical (unpaired) electrons. The van der Waals surface area contributed by atoms with Crippen LogP contribution in [0.25, 0.3) is 0 Å². The average Bonchev–Trinajstić information content (AvgIpc) is 3.01. The molecule has 1 aromatic rings. The minimum absolute atomic E-state index is 0.292. The lowest BCUT2D eigenvalue weighted by molar-refractivity contribution is -0.138. The van der Waals surface area contributed by atoms with Gasteiger partial charge in [0.05, 0.1) is 0 Å². The lowest BCUT2D eigenvalue weighted by atomic mass is 9.87. The van der Waals surface area contributed by atoms with E-state index in [1.165, 1.54) is 6.07 Å². The van der Waals surface area contributed by atoms with Crippen molar-refractivity contribution in [3.05, 3.63) is 23.3 Å². The molecule has 0 spiro atoms. The monoisotopic (exact) mass is 261 g/mol. The predicted octanol–water partition coefficient (Wildman–Crippen LogP) is 2.50. The minimum Gasteiger partial charge on any atom is -0.504 e. The van der Waals surface area contributed by atoms with Gasteiger partial charge in [0, 0.05) is 17.0 Å². The van der Waals surface area contributed by atoms with Crippen molar-refractivity contribution >= 4 is 0 Å².